The molecule has 0 fully saturated rings. The number of hydrogen-bond donors (Lipinski definition) is 2. The van der Waals surface area contributed by atoms with Gasteiger partial charge in [0.1, 0.15) is 0 Å². The van der Waals surface area contributed by atoms with Gasteiger partial charge in [-0.2, -0.15) is 0 Å². The summed E-state index contributed by atoms with van der Waals surface area (Å²) in [6.45, 7) is 0. The van der Waals surface area contributed by atoms with Crippen molar-refractivity contribution in [3.8, 4) is 0 Å². The molecule has 0 amide bonds. The first-order chi connectivity index (χ1) is 6.43. The summed E-state index contributed by atoms with van der Waals surface area (Å²) in [6.07, 6.45) is -0.303. The number of halogens is 3. The van der Waals surface area contributed by atoms with E-state index in [4.69, 9.17) is 45.6 Å². The van der Waals surface area contributed by atoms with Crippen LogP contribution in [0.25, 0.3) is 0 Å². The second kappa shape index (κ2) is 4.26. The first kappa shape index (κ1) is 11.4. The van der Waals surface area contributed by atoms with Crippen LogP contribution in [-0.4, -0.2) is 11.1 Å². The monoisotopic (exact) mass is 253 g/mol. The van der Waals surface area contributed by atoms with Gasteiger partial charge in [0.2, 0.25) is 0 Å². The molecule has 0 aromatic heterocycles. The topological polar surface area (TPSA) is 63.3 Å². The molecule has 0 unspecified atom stereocenters. The highest BCUT2D eigenvalue weighted by Gasteiger charge is 2.15. The molecule has 0 aliphatic heterocycles. The zero-order valence-corrected chi connectivity index (χ0v) is 9.12. The smallest absolute Gasteiger partial charge is 0.307 e. The molecule has 0 spiro atoms. The van der Waals surface area contributed by atoms with Crippen LogP contribution in [0.3, 0.4) is 0 Å². The fourth-order valence-electron chi connectivity index (χ4n) is 0.984. The van der Waals surface area contributed by atoms with Gasteiger partial charge in [0.05, 0.1) is 27.2 Å². The van der Waals surface area contributed by atoms with Crippen LogP contribution < -0.4 is 5.73 Å². The number of carboxylic acids is 1. The molecule has 0 radical (unpaired) electrons. The van der Waals surface area contributed by atoms with Crippen molar-refractivity contribution in [2.75, 3.05) is 5.73 Å². The number of carboxylic acid groups (broad SMARTS) is 1. The fourth-order valence-corrected chi connectivity index (χ4v) is 1.70. The van der Waals surface area contributed by atoms with E-state index in [0.717, 1.165) is 0 Å². The standard InChI is InChI=1S/C8H6Cl3NO2/c9-4-2-5(12)8(11)3(7(4)10)1-6(13)14/h2H,1,12H2,(H,13,14). The van der Waals surface area contributed by atoms with Gasteiger partial charge in [-0.25, -0.2) is 0 Å². The highest BCUT2D eigenvalue weighted by atomic mass is 35.5. The molecule has 0 heterocycles. The first-order valence-electron chi connectivity index (χ1n) is 3.57. The number of hydrogen-bond acceptors (Lipinski definition) is 2. The third-order valence-corrected chi connectivity index (χ3v) is 2.88. The van der Waals surface area contributed by atoms with Crippen molar-refractivity contribution in [3.63, 3.8) is 0 Å². The Morgan fingerprint density at radius 1 is 1.36 bits per heavy atom. The van der Waals surface area contributed by atoms with Crippen molar-refractivity contribution >= 4 is 46.5 Å². The fraction of sp³-hybridized carbons (Fsp3) is 0.125. The van der Waals surface area contributed by atoms with Crippen molar-refractivity contribution in [2.45, 2.75) is 6.42 Å². The molecule has 1 aromatic carbocycles. The Morgan fingerprint density at radius 3 is 2.43 bits per heavy atom. The third kappa shape index (κ3) is 2.23. The van der Waals surface area contributed by atoms with Gasteiger partial charge in [0, 0.05) is 5.56 Å². The number of anilines is 1. The van der Waals surface area contributed by atoms with Gasteiger partial charge in [0.25, 0.3) is 0 Å². The Morgan fingerprint density at radius 2 is 1.93 bits per heavy atom. The molecule has 0 bridgehead atoms. The molecule has 14 heavy (non-hydrogen) atoms. The summed E-state index contributed by atoms with van der Waals surface area (Å²) in [7, 11) is 0. The highest BCUT2D eigenvalue weighted by molar-refractivity contribution is 6.45. The lowest BCUT2D eigenvalue weighted by Crippen LogP contribution is -2.03. The van der Waals surface area contributed by atoms with E-state index in [-0.39, 0.29) is 32.7 Å². The number of rotatable bonds is 2. The van der Waals surface area contributed by atoms with Gasteiger partial charge in [-0.15, -0.1) is 0 Å². The van der Waals surface area contributed by atoms with Crippen LogP contribution in [-0.2, 0) is 11.2 Å². The van der Waals surface area contributed by atoms with Crippen molar-refractivity contribution in [2.24, 2.45) is 0 Å². The molecule has 6 heteroatoms. The maximum absolute atomic E-state index is 10.5. The van der Waals surface area contributed by atoms with Gasteiger partial charge in [-0.05, 0) is 6.07 Å². The van der Waals surface area contributed by atoms with Gasteiger partial charge >= 0.3 is 5.97 Å². The van der Waals surface area contributed by atoms with Crippen LogP contribution >= 0.6 is 34.8 Å². The van der Waals surface area contributed by atoms with Gasteiger partial charge in [0.15, 0.2) is 0 Å². The van der Waals surface area contributed by atoms with Crippen LogP contribution in [0.15, 0.2) is 6.07 Å². The number of benzene rings is 1. The van der Waals surface area contributed by atoms with E-state index in [1.165, 1.54) is 6.07 Å². The average molecular weight is 254 g/mol. The lowest BCUT2D eigenvalue weighted by Gasteiger charge is -2.08. The van der Waals surface area contributed by atoms with Crippen molar-refractivity contribution in [3.05, 3.63) is 26.7 Å². The number of nitrogens with two attached hydrogens (primary N) is 1. The molecular weight excluding hydrogens is 248 g/mol. The molecule has 3 N–H and O–H groups in total. The molecule has 1 rings (SSSR count). The Kier molecular flexibility index (Phi) is 3.48. The van der Waals surface area contributed by atoms with Crippen LogP contribution in [0.5, 0.6) is 0 Å². The molecule has 0 aliphatic rings. The molecule has 0 saturated heterocycles. The van der Waals surface area contributed by atoms with Crippen LogP contribution in [0.4, 0.5) is 5.69 Å². The predicted molar refractivity (Wildman–Crippen MR) is 57.2 cm³/mol. The predicted octanol–water partition coefficient (Wildman–Crippen LogP) is 2.86. The molecule has 1 aromatic rings. The minimum absolute atomic E-state index is 0.133. The minimum Gasteiger partial charge on any atom is -0.481 e. The minimum atomic E-state index is -1.05. The normalized spacial score (nSPS) is 10.2. The summed E-state index contributed by atoms with van der Waals surface area (Å²) in [4.78, 5) is 10.5. The zero-order chi connectivity index (χ0) is 10.9. The van der Waals surface area contributed by atoms with E-state index in [2.05, 4.69) is 0 Å². The number of nitrogen functional groups attached to an aromatic ring is 1. The second-order valence-electron chi connectivity index (χ2n) is 2.62. The van der Waals surface area contributed by atoms with Crippen LogP contribution in [0.2, 0.25) is 15.1 Å². The van der Waals surface area contributed by atoms with Crippen molar-refractivity contribution < 1.29 is 9.90 Å². The van der Waals surface area contributed by atoms with E-state index in [0.29, 0.717) is 0 Å². The summed E-state index contributed by atoms with van der Waals surface area (Å²) in [5.41, 5.74) is 5.96. The van der Waals surface area contributed by atoms with Crippen molar-refractivity contribution in [1.82, 2.24) is 0 Å². The largest absolute Gasteiger partial charge is 0.481 e. The Labute approximate surface area is 95.4 Å². The molecule has 0 aliphatic carbocycles. The summed E-state index contributed by atoms with van der Waals surface area (Å²) in [6, 6.07) is 1.39. The van der Waals surface area contributed by atoms with E-state index in [1.807, 2.05) is 0 Å². The molecular formula is C8H6Cl3NO2. The van der Waals surface area contributed by atoms with Crippen LogP contribution in [0.1, 0.15) is 5.56 Å². The van der Waals surface area contributed by atoms with E-state index in [1.54, 1.807) is 0 Å². The lowest BCUT2D eigenvalue weighted by atomic mass is 10.1. The lowest BCUT2D eigenvalue weighted by molar-refractivity contribution is -0.136. The third-order valence-electron chi connectivity index (χ3n) is 1.60. The summed E-state index contributed by atoms with van der Waals surface area (Å²) < 4.78 is 0. The molecule has 76 valence electrons. The Balaban J connectivity index is 3.31. The first-order valence-corrected chi connectivity index (χ1v) is 4.70. The average Bonchev–Trinajstić information content (AvgIpc) is 2.09. The van der Waals surface area contributed by atoms with Gasteiger partial charge in [-0.3, -0.25) is 4.79 Å². The zero-order valence-electron chi connectivity index (χ0n) is 6.85. The SMILES string of the molecule is Nc1cc(Cl)c(Cl)c(CC(=O)O)c1Cl. The quantitative estimate of drug-likeness (QED) is 0.630. The summed E-state index contributed by atoms with van der Waals surface area (Å²) in [5, 5.41) is 9.07. The van der Waals surface area contributed by atoms with E-state index >= 15 is 0 Å². The van der Waals surface area contributed by atoms with Gasteiger partial charge in [-0.1, -0.05) is 34.8 Å². The molecule has 0 saturated carbocycles. The maximum Gasteiger partial charge on any atom is 0.307 e. The Bertz CT molecular complexity index is 366. The van der Waals surface area contributed by atoms with E-state index < -0.39 is 5.97 Å². The highest BCUT2D eigenvalue weighted by Crippen LogP contribution is 2.36. The van der Waals surface area contributed by atoms with Crippen molar-refractivity contribution in [1.29, 1.82) is 0 Å². The van der Waals surface area contributed by atoms with Gasteiger partial charge < -0.3 is 10.8 Å². The van der Waals surface area contributed by atoms with E-state index in [9.17, 15) is 4.79 Å². The summed E-state index contributed by atoms with van der Waals surface area (Å²) >= 11 is 17.3. The maximum atomic E-state index is 10.5. The van der Waals surface area contributed by atoms with Crippen LogP contribution in [0, 0.1) is 0 Å². The second-order valence-corrected chi connectivity index (χ2v) is 3.79. The number of carbonyl (C=O) groups is 1. The number of aliphatic carboxylic acids is 1. The summed E-state index contributed by atoms with van der Waals surface area (Å²) in [5.74, 6) is -1.05. The Hall–Kier alpha value is -0.640. The molecule has 3 nitrogen and oxygen atoms in total. The molecule has 0 atom stereocenters.